The van der Waals surface area contributed by atoms with Crippen LogP contribution in [0.4, 0.5) is 0 Å². The van der Waals surface area contributed by atoms with Crippen LogP contribution in [0.3, 0.4) is 0 Å². The first-order valence-electron chi connectivity index (χ1n) is 3.51. The van der Waals surface area contributed by atoms with Crippen molar-refractivity contribution in [1.82, 2.24) is 9.80 Å². The minimum absolute atomic E-state index is 0.874. The highest BCUT2D eigenvalue weighted by Gasteiger charge is 2.05. The molecule has 0 rings (SSSR count). The Labute approximate surface area is 97.0 Å². The predicted molar refractivity (Wildman–Crippen MR) is 74.9 cm³/mol. The van der Waals surface area contributed by atoms with Crippen molar-refractivity contribution in [3.05, 3.63) is 0 Å². The maximum absolute atomic E-state index is 5.14. The van der Waals surface area contributed by atoms with Gasteiger partial charge in [-0.25, -0.2) is 0 Å². The Kier molecular flexibility index (Phi) is 7.16. The molecule has 0 radical (unpaired) electrons. The largest absolute Gasteiger partial charge is 0.363 e. The molecule has 0 atom stereocenters. The number of rotatable bonds is 0. The zero-order valence-electron chi connectivity index (χ0n) is 8.23. The van der Waals surface area contributed by atoms with Crippen LogP contribution in [0.2, 0.25) is 0 Å². The van der Waals surface area contributed by atoms with E-state index in [0.717, 1.165) is 8.64 Å². The summed E-state index contributed by atoms with van der Waals surface area (Å²) in [6, 6.07) is 0. The van der Waals surface area contributed by atoms with E-state index >= 15 is 0 Å². The molecule has 6 heteroatoms. The average Bonchev–Trinajstić information content (AvgIpc) is 2.04. The van der Waals surface area contributed by atoms with Crippen LogP contribution in [0.25, 0.3) is 0 Å². The molecule has 0 aromatic carbocycles. The van der Waals surface area contributed by atoms with Crippen LogP contribution in [-0.2, 0) is 0 Å². The molecular formula is C7H14N2S4. The Morgan fingerprint density at radius 3 is 1.92 bits per heavy atom. The zero-order chi connectivity index (χ0) is 10.4. The number of thiocarbonyl (C=S) groups is 1. The van der Waals surface area contributed by atoms with Crippen molar-refractivity contribution in [3.8, 4) is 0 Å². The second kappa shape index (κ2) is 6.89. The first-order chi connectivity index (χ1) is 5.99. The molecule has 13 heavy (non-hydrogen) atoms. The minimum atomic E-state index is 0.874. The van der Waals surface area contributed by atoms with E-state index in [-0.39, 0.29) is 0 Å². The van der Waals surface area contributed by atoms with Crippen molar-refractivity contribution < 1.29 is 0 Å². The summed E-state index contributed by atoms with van der Waals surface area (Å²) in [7, 11) is 12.6. The summed E-state index contributed by atoms with van der Waals surface area (Å²) >= 11 is 5.14. The van der Waals surface area contributed by atoms with Gasteiger partial charge in [0.1, 0.15) is 8.64 Å². The molecule has 0 aliphatic heterocycles. The molecule has 2 nitrogen and oxygen atoms in total. The number of hydrogen-bond donors (Lipinski definition) is 0. The quantitative estimate of drug-likeness (QED) is 0.480. The molecule has 0 unspecified atom stereocenters. The average molecular weight is 254 g/mol. The van der Waals surface area contributed by atoms with E-state index in [2.05, 4.69) is 5.87 Å². The zero-order valence-corrected chi connectivity index (χ0v) is 11.5. The van der Waals surface area contributed by atoms with E-state index in [1.165, 1.54) is 10.9 Å². The summed E-state index contributed by atoms with van der Waals surface area (Å²) in [6.07, 6.45) is 0. The van der Waals surface area contributed by atoms with E-state index in [4.69, 9.17) is 12.2 Å². The summed E-state index contributed by atoms with van der Waals surface area (Å²) < 4.78 is 2.02. The maximum Gasteiger partial charge on any atom is 0.146 e. The highest BCUT2D eigenvalue weighted by Crippen LogP contribution is 2.26. The smallest absolute Gasteiger partial charge is 0.146 e. The van der Waals surface area contributed by atoms with E-state index < -0.39 is 0 Å². The summed E-state index contributed by atoms with van der Waals surface area (Å²) in [5, 5.41) is 0. The Hall–Kier alpha value is 0.510. The van der Waals surface area contributed by atoms with Gasteiger partial charge in [-0.1, -0.05) is 12.2 Å². The van der Waals surface area contributed by atoms with Crippen LogP contribution in [0.5, 0.6) is 0 Å². The molecule has 0 saturated heterocycles. The van der Waals surface area contributed by atoms with Gasteiger partial charge in [0.25, 0.3) is 0 Å². The standard InChI is InChI=1S/C7H14N2S4/c1-8(2)6(10)12-13-7(11-5)9(3)4/h5H2,1-4H3. The molecule has 0 heterocycles. The summed E-state index contributed by atoms with van der Waals surface area (Å²) in [5.74, 6) is 3.78. The Morgan fingerprint density at radius 2 is 1.62 bits per heavy atom. The van der Waals surface area contributed by atoms with Crippen LogP contribution in [0.1, 0.15) is 0 Å². The molecule has 0 saturated carbocycles. The highest BCUT2D eigenvalue weighted by atomic mass is 33.1. The van der Waals surface area contributed by atoms with Crippen molar-refractivity contribution in [2.24, 2.45) is 0 Å². The Bertz CT molecular complexity index is 231. The predicted octanol–water partition coefficient (Wildman–Crippen LogP) is 2.03. The van der Waals surface area contributed by atoms with Crippen LogP contribution in [0, 0.1) is 0 Å². The monoisotopic (exact) mass is 254 g/mol. The molecule has 0 N–H and O–H groups in total. The van der Waals surface area contributed by atoms with Gasteiger partial charge < -0.3 is 4.90 Å². The lowest BCUT2D eigenvalue weighted by Gasteiger charge is -2.14. The summed E-state index contributed by atoms with van der Waals surface area (Å²) in [4.78, 5) is 3.96. The Balaban J connectivity index is 4.02. The fourth-order valence-electron chi connectivity index (χ4n) is 0.374. The second-order valence-electron chi connectivity index (χ2n) is 2.63. The van der Waals surface area contributed by atoms with Crippen LogP contribution in [0.15, 0.2) is 0 Å². The third kappa shape index (κ3) is 5.74. The topological polar surface area (TPSA) is 6.48 Å². The second-order valence-corrected chi connectivity index (χ2v) is 6.32. The lowest BCUT2D eigenvalue weighted by atomic mass is 11.0. The molecule has 0 fully saturated rings. The molecule has 0 amide bonds. The van der Waals surface area contributed by atoms with Crippen molar-refractivity contribution in [3.63, 3.8) is 0 Å². The fourth-order valence-corrected chi connectivity index (χ4v) is 3.63. The molecule has 0 aliphatic rings. The van der Waals surface area contributed by atoms with Crippen LogP contribution < -0.4 is 0 Å². The van der Waals surface area contributed by atoms with E-state index in [1.807, 2.05) is 38.0 Å². The van der Waals surface area contributed by atoms with Gasteiger partial charge in [-0.05, 0) is 41.6 Å². The van der Waals surface area contributed by atoms with Crippen LogP contribution in [-0.4, -0.2) is 52.5 Å². The molecule has 0 aromatic rings. The van der Waals surface area contributed by atoms with Gasteiger partial charge in [0.15, 0.2) is 0 Å². The minimum Gasteiger partial charge on any atom is -0.363 e. The van der Waals surface area contributed by atoms with Gasteiger partial charge in [0.2, 0.25) is 0 Å². The van der Waals surface area contributed by atoms with Crippen molar-refractivity contribution in [2.45, 2.75) is 0 Å². The molecule has 0 bridgehead atoms. The van der Waals surface area contributed by atoms with Crippen molar-refractivity contribution >= 4 is 59.3 Å². The van der Waals surface area contributed by atoms with Crippen molar-refractivity contribution in [2.75, 3.05) is 28.2 Å². The lowest BCUT2D eigenvalue weighted by molar-refractivity contribution is 0.647. The third-order valence-corrected chi connectivity index (χ3v) is 5.80. The molecule has 0 spiro atoms. The van der Waals surface area contributed by atoms with Gasteiger partial charge in [0.05, 0.1) is 0 Å². The van der Waals surface area contributed by atoms with E-state index in [1.54, 1.807) is 21.6 Å². The lowest BCUT2D eigenvalue weighted by Crippen LogP contribution is -2.18. The van der Waals surface area contributed by atoms with Gasteiger partial charge >= 0.3 is 0 Å². The van der Waals surface area contributed by atoms with Gasteiger partial charge in [-0.15, -0.1) is 10.9 Å². The molecule has 0 aliphatic carbocycles. The van der Waals surface area contributed by atoms with E-state index in [9.17, 15) is 0 Å². The number of hydrogen-bond acceptors (Lipinski definition) is 3. The summed E-state index contributed by atoms with van der Waals surface area (Å²) in [5.41, 5.74) is 0. The van der Waals surface area contributed by atoms with E-state index in [0.29, 0.717) is 0 Å². The maximum atomic E-state index is 5.14. The molecule has 76 valence electrons. The SMILES string of the molecule is C=S=C(SSC(=S)N(C)C)N(C)C. The van der Waals surface area contributed by atoms with Crippen LogP contribution >= 0.6 is 44.7 Å². The molecule has 0 aromatic heterocycles. The normalized spacial score (nSPS) is 9.92. The first-order valence-corrected chi connectivity index (χ1v) is 7.05. The summed E-state index contributed by atoms with van der Waals surface area (Å²) in [6.45, 7) is 0. The third-order valence-electron chi connectivity index (χ3n) is 1.04. The first kappa shape index (κ1) is 13.5. The van der Waals surface area contributed by atoms with Gasteiger partial charge in [-0.2, -0.15) is 0 Å². The Morgan fingerprint density at radius 1 is 1.08 bits per heavy atom. The fraction of sp³-hybridized carbons (Fsp3) is 0.571. The van der Waals surface area contributed by atoms with Gasteiger partial charge in [-0.3, -0.25) is 4.90 Å². The molecular weight excluding hydrogens is 240 g/mol. The highest BCUT2D eigenvalue weighted by molar-refractivity contribution is 8.89. The van der Waals surface area contributed by atoms with Gasteiger partial charge in [0, 0.05) is 14.1 Å². The van der Waals surface area contributed by atoms with Crippen molar-refractivity contribution in [1.29, 1.82) is 0 Å². The number of nitrogens with zero attached hydrogens (tertiary/aromatic N) is 2.